The van der Waals surface area contributed by atoms with Gasteiger partial charge in [0.1, 0.15) is 17.8 Å². The summed E-state index contributed by atoms with van der Waals surface area (Å²) in [7, 11) is -6.82. The van der Waals surface area contributed by atoms with Crippen LogP contribution in [-0.4, -0.2) is 58.9 Å². The van der Waals surface area contributed by atoms with Gasteiger partial charge in [0.25, 0.3) is 5.56 Å². The predicted molar refractivity (Wildman–Crippen MR) is 167 cm³/mol. The number of ether oxygens (including phenoxy) is 1. The van der Waals surface area contributed by atoms with Crippen LogP contribution >= 0.6 is 0 Å². The molecule has 0 bridgehead atoms. The molecule has 0 saturated carbocycles. The van der Waals surface area contributed by atoms with Crippen molar-refractivity contribution in [2.75, 3.05) is 6.61 Å². The first-order valence-electron chi connectivity index (χ1n) is 14.2. The fraction of sp³-hybridized carbons (Fsp3) is 0.857. The predicted octanol–water partition coefficient (Wildman–Crippen LogP) is 6.63. The maximum absolute atomic E-state index is 13.1. The van der Waals surface area contributed by atoms with Crippen LogP contribution < -0.4 is 11.2 Å². The second kappa shape index (κ2) is 10.8. The molecule has 2 heterocycles. The Morgan fingerprint density at radius 2 is 1.36 bits per heavy atom. The lowest BCUT2D eigenvalue weighted by Gasteiger charge is -2.49. The van der Waals surface area contributed by atoms with E-state index in [9.17, 15) is 9.59 Å². The summed E-state index contributed by atoms with van der Waals surface area (Å²) in [6, 6.07) is 1.35. The quantitative estimate of drug-likeness (QED) is 0.337. The molecule has 2 rings (SSSR count). The average molecular weight is 601 g/mol. The first-order chi connectivity index (χ1) is 17.2. The highest BCUT2D eigenvalue weighted by Crippen LogP contribution is 2.51. The SMILES string of the molecule is CC1(O[Si](C)(C)C(C)(C)C)C(O[Si](C)(C)C(C)(C)C)[C@@H](CO[Si](C)(C)C(C)(C)C)O[C@H]1n1ccc(=O)[nH]c1=O. The minimum Gasteiger partial charge on any atom is -0.414 e. The van der Waals surface area contributed by atoms with Crippen LogP contribution in [-0.2, 0) is 18.0 Å². The van der Waals surface area contributed by atoms with Crippen molar-refractivity contribution in [1.82, 2.24) is 9.55 Å². The zero-order valence-corrected chi connectivity index (χ0v) is 30.5. The van der Waals surface area contributed by atoms with Gasteiger partial charge in [-0.3, -0.25) is 14.3 Å². The molecule has 39 heavy (non-hydrogen) atoms. The van der Waals surface area contributed by atoms with Crippen LogP contribution in [0.3, 0.4) is 0 Å². The normalized spacial score (nSPS) is 25.8. The first kappa shape index (κ1) is 34.4. The molecule has 8 nitrogen and oxygen atoms in total. The Morgan fingerprint density at radius 1 is 0.872 bits per heavy atom. The molecule has 226 valence electrons. The average Bonchev–Trinajstić information content (AvgIpc) is 2.94. The van der Waals surface area contributed by atoms with Crippen molar-refractivity contribution in [1.29, 1.82) is 0 Å². The monoisotopic (exact) mass is 600 g/mol. The molecular weight excluding hydrogens is 545 g/mol. The van der Waals surface area contributed by atoms with E-state index in [0.29, 0.717) is 6.61 Å². The third-order valence-electron chi connectivity index (χ3n) is 9.72. The smallest absolute Gasteiger partial charge is 0.330 e. The van der Waals surface area contributed by atoms with E-state index >= 15 is 0 Å². The molecule has 0 aliphatic carbocycles. The second-order valence-corrected chi connectivity index (χ2v) is 30.3. The van der Waals surface area contributed by atoms with Gasteiger partial charge in [0.15, 0.2) is 31.2 Å². The largest absolute Gasteiger partial charge is 0.414 e. The second-order valence-electron chi connectivity index (χ2n) is 16.0. The molecule has 1 saturated heterocycles. The summed E-state index contributed by atoms with van der Waals surface area (Å²) >= 11 is 0. The van der Waals surface area contributed by atoms with Crippen LogP contribution in [0.5, 0.6) is 0 Å². The third-order valence-corrected chi connectivity index (χ3v) is 23.2. The lowest BCUT2D eigenvalue weighted by Crippen LogP contribution is -2.60. The summed E-state index contributed by atoms with van der Waals surface area (Å²) in [5.41, 5.74) is -2.00. The van der Waals surface area contributed by atoms with Crippen molar-refractivity contribution in [2.24, 2.45) is 0 Å². The fourth-order valence-electron chi connectivity index (χ4n) is 3.97. The van der Waals surface area contributed by atoms with Gasteiger partial charge >= 0.3 is 5.69 Å². The van der Waals surface area contributed by atoms with Gasteiger partial charge in [-0.2, -0.15) is 0 Å². The van der Waals surface area contributed by atoms with Crippen LogP contribution in [0.1, 0.15) is 75.5 Å². The van der Waals surface area contributed by atoms with Crippen LogP contribution in [0.4, 0.5) is 0 Å². The molecule has 2 unspecified atom stereocenters. The molecule has 0 radical (unpaired) electrons. The zero-order valence-electron chi connectivity index (χ0n) is 27.5. The molecule has 1 aromatic rings. The molecule has 0 spiro atoms. The van der Waals surface area contributed by atoms with Crippen molar-refractivity contribution in [3.05, 3.63) is 33.1 Å². The van der Waals surface area contributed by atoms with Gasteiger partial charge in [0, 0.05) is 12.3 Å². The highest BCUT2D eigenvalue weighted by molar-refractivity contribution is 6.75. The number of nitrogens with zero attached hydrogens (tertiary/aromatic N) is 1. The molecule has 0 amide bonds. The number of hydrogen-bond donors (Lipinski definition) is 1. The molecule has 1 N–H and O–H groups in total. The summed E-state index contributed by atoms with van der Waals surface area (Å²) in [4.78, 5) is 27.5. The van der Waals surface area contributed by atoms with Crippen molar-refractivity contribution in [3.8, 4) is 0 Å². The molecule has 1 aliphatic heterocycles. The van der Waals surface area contributed by atoms with Gasteiger partial charge in [-0.1, -0.05) is 62.3 Å². The summed E-state index contributed by atoms with van der Waals surface area (Å²) < 4.78 is 29.3. The Hall–Kier alpha value is -0.829. The molecule has 0 aromatic carbocycles. The van der Waals surface area contributed by atoms with Gasteiger partial charge < -0.3 is 18.0 Å². The molecular formula is C28H56N2O6Si3. The Labute approximate surface area is 239 Å². The number of H-pyrrole nitrogens is 1. The van der Waals surface area contributed by atoms with E-state index in [1.165, 1.54) is 16.8 Å². The number of rotatable bonds is 8. The van der Waals surface area contributed by atoms with Crippen molar-refractivity contribution in [2.45, 2.75) is 148 Å². The van der Waals surface area contributed by atoms with Crippen molar-refractivity contribution in [3.63, 3.8) is 0 Å². The van der Waals surface area contributed by atoms with Crippen LogP contribution in [0.25, 0.3) is 0 Å². The highest BCUT2D eigenvalue weighted by Gasteiger charge is 2.61. The third kappa shape index (κ3) is 7.15. The highest BCUT2D eigenvalue weighted by atomic mass is 28.4. The molecule has 1 fully saturated rings. The van der Waals surface area contributed by atoms with E-state index in [0.717, 1.165) is 0 Å². The van der Waals surface area contributed by atoms with E-state index in [4.69, 9.17) is 18.0 Å². The van der Waals surface area contributed by atoms with Crippen LogP contribution in [0, 0.1) is 0 Å². The minimum absolute atomic E-state index is 0.0254. The van der Waals surface area contributed by atoms with E-state index < -0.39 is 60.2 Å². The first-order valence-corrected chi connectivity index (χ1v) is 22.9. The summed E-state index contributed by atoms with van der Waals surface area (Å²) in [6.45, 7) is 35.5. The van der Waals surface area contributed by atoms with Gasteiger partial charge in [0.05, 0.1) is 6.61 Å². The fourth-order valence-corrected chi connectivity index (χ4v) is 7.98. The van der Waals surface area contributed by atoms with Crippen LogP contribution in [0.2, 0.25) is 54.4 Å². The number of hydrogen-bond acceptors (Lipinski definition) is 6. The van der Waals surface area contributed by atoms with Crippen LogP contribution in [0.15, 0.2) is 21.9 Å². The van der Waals surface area contributed by atoms with E-state index in [1.54, 1.807) is 0 Å². The Bertz CT molecular complexity index is 1120. The number of aromatic nitrogens is 2. The Balaban J connectivity index is 2.75. The summed E-state index contributed by atoms with van der Waals surface area (Å²) in [5.74, 6) is 0. The molecule has 4 atom stereocenters. The van der Waals surface area contributed by atoms with Gasteiger partial charge in [-0.05, 0) is 61.3 Å². The number of aromatic amines is 1. The lowest BCUT2D eigenvalue weighted by atomic mass is 9.96. The Kier molecular flexibility index (Phi) is 9.50. The van der Waals surface area contributed by atoms with Crippen molar-refractivity contribution >= 4 is 25.0 Å². The Morgan fingerprint density at radius 3 is 1.79 bits per heavy atom. The van der Waals surface area contributed by atoms with Gasteiger partial charge in [-0.15, -0.1) is 0 Å². The minimum atomic E-state index is -2.39. The molecule has 11 heteroatoms. The van der Waals surface area contributed by atoms with E-state index in [2.05, 4.69) is 107 Å². The van der Waals surface area contributed by atoms with Gasteiger partial charge in [-0.25, -0.2) is 4.79 Å². The summed E-state index contributed by atoms with van der Waals surface area (Å²) in [6.07, 6.45) is -0.258. The topological polar surface area (TPSA) is 91.8 Å². The molecule has 1 aliphatic rings. The molecule has 1 aromatic heterocycles. The maximum Gasteiger partial charge on any atom is 0.330 e. The van der Waals surface area contributed by atoms with E-state index in [1.807, 2.05) is 6.92 Å². The number of nitrogens with one attached hydrogen (secondary N) is 1. The zero-order chi connectivity index (χ0) is 30.6. The van der Waals surface area contributed by atoms with E-state index in [-0.39, 0.29) is 15.1 Å². The summed E-state index contributed by atoms with van der Waals surface area (Å²) in [5, 5.41) is -0.117. The maximum atomic E-state index is 13.1. The lowest BCUT2D eigenvalue weighted by molar-refractivity contribution is -0.0886. The van der Waals surface area contributed by atoms with Gasteiger partial charge in [0.2, 0.25) is 0 Å². The van der Waals surface area contributed by atoms with Crippen molar-refractivity contribution < 1.29 is 18.0 Å². The standard InChI is InChI=1S/C28H56N2O6Si3/c1-25(2,3)37(11,12)33-19-20-22(35-38(13,14)26(4,5)6)28(10,36-39(15,16)27(7,8)9)23(34-20)30-18-17-21(31)29-24(30)32/h17-18,20,22-23H,19H2,1-16H3,(H,29,31,32)/t20-,22?,23-,28?/m1/s1.